The van der Waals surface area contributed by atoms with Gasteiger partial charge in [-0.15, -0.1) is 11.3 Å². The number of rotatable bonds is 7. The number of aryl methyl sites for hydroxylation is 1. The number of halogens is 1. The van der Waals surface area contributed by atoms with Gasteiger partial charge in [-0.2, -0.15) is 0 Å². The van der Waals surface area contributed by atoms with Crippen molar-refractivity contribution in [3.63, 3.8) is 0 Å². The number of benzene rings is 1. The Hall–Kier alpha value is -3.10. The maximum Gasteiger partial charge on any atom is 0.252 e. The fourth-order valence-electron chi connectivity index (χ4n) is 4.62. The van der Waals surface area contributed by atoms with E-state index in [1.807, 2.05) is 6.92 Å². The van der Waals surface area contributed by atoms with Gasteiger partial charge in [0.15, 0.2) is 0 Å². The molecule has 1 aromatic carbocycles. The molecule has 3 aromatic heterocycles. The first-order chi connectivity index (χ1) is 16.8. The third kappa shape index (κ3) is 4.86. The van der Waals surface area contributed by atoms with E-state index in [4.69, 9.17) is 0 Å². The first-order valence-electron chi connectivity index (χ1n) is 11.9. The summed E-state index contributed by atoms with van der Waals surface area (Å²) in [5, 5.41) is 4.32. The average molecular weight is 492 g/mol. The zero-order chi connectivity index (χ0) is 24.7. The van der Waals surface area contributed by atoms with Crippen molar-refractivity contribution in [3.8, 4) is 10.4 Å². The largest absolute Gasteiger partial charge is 0.362 e. The Bertz CT molecular complexity index is 1420. The number of fused-ring (bicyclic) bond motifs is 1. The normalized spacial score (nSPS) is 18.6. The van der Waals surface area contributed by atoms with Crippen LogP contribution in [-0.2, 0) is 6.54 Å². The monoisotopic (exact) mass is 491 g/mol. The van der Waals surface area contributed by atoms with Crippen molar-refractivity contribution < 1.29 is 4.39 Å². The van der Waals surface area contributed by atoms with E-state index in [-0.39, 0.29) is 17.6 Å². The van der Waals surface area contributed by atoms with Crippen LogP contribution >= 0.6 is 11.3 Å². The molecular formula is C27H30FN5OS. The lowest BCUT2D eigenvalue weighted by atomic mass is 9.90. The second-order valence-electron chi connectivity index (χ2n) is 9.62. The number of pyridine rings is 1. The first-order valence-corrected chi connectivity index (χ1v) is 12.7. The topological polar surface area (TPSA) is 63.1 Å². The predicted molar refractivity (Wildman–Crippen MR) is 141 cm³/mol. The minimum atomic E-state index is -0.828. The van der Waals surface area contributed by atoms with Crippen molar-refractivity contribution in [2.24, 2.45) is 0 Å². The van der Waals surface area contributed by atoms with Gasteiger partial charge in [-0.25, -0.2) is 14.4 Å². The smallest absolute Gasteiger partial charge is 0.252 e. The highest BCUT2D eigenvalue weighted by Gasteiger charge is 2.31. The number of nitrogens with zero attached hydrogens (tertiary/aromatic N) is 4. The van der Waals surface area contributed by atoms with Crippen LogP contribution in [0.25, 0.3) is 21.3 Å². The summed E-state index contributed by atoms with van der Waals surface area (Å²) < 4.78 is 15.1. The van der Waals surface area contributed by atoms with Crippen LogP contribution in [-0.4, -0.2) is 39.7 Å². The Kier molecular flexibility index (Phi) is 6.42. The fourth-order valence-corrected chi connectivity index (χ4v) is 5.69. The van der Waals surface area contributed by atoms with Gasteiger partial charge < -0.3 is 14.8 Å². The minimum absolute atomic E-state index is 0.00608. The third-order valence-electron chi connectivity index (χ3n) is 6.50. The molecule has 1 aliphatic carbocycles. The first kappa shape index (κ1) is 23.6. The molecule has 1 unspecified atom stereocenters. The van der Waals surface area contributed by atoms with Crippen LogP contribution in [0.3, 0.4) is 0 Å². The zero-order valence-corrected chi connectivity index (χ0v) is 21.3. The Labute approximate surface area is 208 Å². The standard InChI is InChI=1S/C27H30FN5OS/c1-16(24-9-10-25(35-24)21-8-6-5-7-18(21)14-32(3)4)29-27-22-15-33(20-11-19(28)12-20)26(34)13-23(22)30-17(2)31-27/h5-10,13,15-16,19-20H,11-12,14H2,1-4H3,(H,29,30,31). The summed E-state index contributed by atoms with van der Waals surface area (Å²) >= 11 is 1.77. The number of anilines is 1. The van der Waals surface area contributed by atoms with Crippen molar-refractivity contribution >= 4 is 28.1 Å². The lowest BCUT2D eigenvalue weighted by molar-refractivity contribution is 0.134. The second kappa shape index (κ2) is 9.51. The van der Waals surface area contributed by atoms with Gasteiger partial charge in [-0.3, -0.25) is 4.79 Å². The van der Waals surface area contributed by atoms with Gasteiger partial charge >= 0.3 is 0 Å². The van der Waals surface area contributed by atoms with Gasteiger partial charge in [0.1, 0.15) is 17.8 Å². The lowest BCUT2D eigenvalue weighted by Crippen LogP contribution is -2.34. The molecule has 1 saturated carbocycles. The molecule has 1 N–H and O–H groups in total. The molecule has 0 radical (unpaired) electrons. The summed E-state index contributed by atoms with van der Waals surface area (Å²) in [7, 11) is 4.16. The maximum absolute atomic E-state index is 13.4. The molecule has 0 amide bonds. The maximum atomic E-state index is 13.4. The van der Waals surface area contributed by atoms with Crippen molar-refractivity contribution in [2.75, 3.05) is 19.4 Å². The number of hydrogen-bond donors (Lipinski definition) is 1. The highest BCUT2D eigenvalue weighted by molar-refractivity contribution is 7.15. The summed E-state index contributed by atoms with van der Waals surface area (Å²) in [6.45, 7) is 4.82. The molecule has 4 aromatic rings. The molecule has 5 rings (SSSR count). The third-order valence-corrected chi connectivity index (χ3v) is 7.80. The molecule has 8 heteroatoms. The number of thiophene rings is 1. The molecule has 6 nitrogen and oxygen atoms in total. The lowest BCUT2D eigenvalue weighted by Gasteiger charge is -2.31. The molecule has 1 aliphatic rings. The average Bonchev–Trinajstić information content (AvgIpc) is 3.27. The Morgan fingerprint density at radius 3 is 2.71 bits per heavy atom. The zero-order valence-electron chi connectivity index (χ0n) is 20.5. The van der Waals surface area contributed by atoms with Crippen LogP contribution < -0.4 is 10.9 Å². The Balaban J connectivity index is 1.45. The molecule has 1 fully saturated rings. The minimum Gasteiger partial charge on any atom is -0.362 e. The molecule has 35 heavy (non-hydrogen) atoms. The molecule has 3 heterocycles. The predicted octanol–water partition coefficient (Wildman–Crippen LogP) is 5.74. The van der Waals surface area contributed by atoms with Gasteiger partial charge in [-0.1, -0.05) is 24.3 Å². The molecule has 0 saturated heterocycles. The van der Waals surface area contributed by atoms with E-state index in [1.165, 1.54) is 26.9 Å². The SMILES string of the molecule is Cc1nc(NC(C)c2ccc(-c3ccccc3CN(C)C)s2)c2cn(C3CC(F)C3)c(=O)cc2n1. The van der Waals surface area contributed by atoms with Gasteiger partial charge in [-0.05, 0) is 64.0 Å². The van der Waals surface area contributed by atoms with E-state index in [0.29, 0.717) is 30.0 Å². The molecule has 182 valence electrons. The van der Waals surface area contributed by atoms with Crippen molar-refractivity contribution in [1.82, 2.24) is 19.4 Å². The van der Waals surface area contributed by atoms with Gasteiger partial charge in [0.25, 0.3) is 5.56 Å². The molecule has 1 atom stereocenters. The molecule has 0 aliphatic heterocycles. The summed E-state index contributed by atoms with van der Waals surface area (Å²) in [4.78, 5) is 26.4. The molecule has 0 spiro atoms. The van der Waals surface area contributed by atoms with Crippen LogP contribution in [0.4, 0.5) is 10.2 Å². The van der Waals surface area contributed by atoms with Gasteiger partial charge in [0.05, 0.1) is 16.9 Å². The Morgan fingerprint density at radius 2 is 1.97 bits per heavy atom. The van der Waals surface area contributed by atoms with E-state index in [1.54, 1.807) is 22.1 Å². The van der Waals surface area contributed by atoms with E-state index in [0.717, 1.165) is 11.9 Å². The highest BCUT2D eigenvalue weighted by atomic mass is 32.1. The summed E-state index contributed by atoms with van der Waals surface area (Å²) in [5.41, 5.74) is 3.01. The quantitative estimate of drug-likeness (QED) is 0.357. The van der Waals surface area contributed by atoms with Crippen LogP contribution in [0, 0.1) is 6.92 Å². The number of hydrogen-bond acceptors (Lipinski definition) is 6. The van der Waals surface area contributed by atoms with Crippen LogP contribution in [0.2, 0.25) is 0 Å². The van der Waals surface area contributed by atoms with Crippen LogP contribution in [0.1, 0.15) is 48.1 Å². The number of aromatic nitrogens is 3. The van der Waals surface area contributed by atoms with Crippen molar-refractivity contribution in [3.05, 3.63) is 75.3 Å². The fraction of sp³-hybridized carbons (Fsp3) is 0.370. The Morgan fingerprint density at radius 1 is 1.20 bits per heavy atom. The highest BCUT2D eigenvalue weighted by Crippen LogP contribution is 2.36. The van der Waals surface area contributed by atoms with Gasteiger partial charge in [0.2, 0.25) is 0 Å². The van der Waals surface area contributed by atoms with Crippen LogP contribution in [0.15, 0.2) is 53.5 Å². The van der Waals surface area contributed by atoms with Gasteiger partial charge in [0, 0.05) is 34.6 Å². The van der Waals surface area contributed by atoms with Crippen LogP contribution in [0.5, 0.6) is 0 Å². The van der Waals surface area contributed by atoms with E-state index in [9.17, 15) is 9.18 Å². The molecule has 0 bridgehead atoms. The number of nitrogens with one attached hydrogen (secondary N) is 1. The summed E-state index contributed by atoms with van der Waals surface area (Å²) in [5.74, 6) is 1.29. The number of alkyl halides is 1. The summed E-state index contributed by atoms with van der Waals surface area (Å²) in [6, 6.07) is 14.3. The van der Waals surface area contributed by atoms with E-state index in [2.05, 4.69) is 77.6 Å². The molecular weight excluding hydrogens is 461 g/mol. The van der Waals surface area contributed by atoms with E-state index < -0.39 is 6.17 Å². The van der Waals surface area contributed by atoms with Crippen molar-refractivity contribution in [1.29, 1.82) is 0 Å². The van der Waals surface area contributed by atoms with Crippen molar-refractivity contribution in [2.45, 2.75) is 51.5 Å². The second-order valence-corrected chi connectivity index (χ2v) is 10.7. The van der Waals surface area contributed by atoms with E-state index >= 15 is 0 Å². The summed E-state index contributed by atoms with van der Waals surface area (Å²) in [6.07, 6.45) is 1.72.